The zero-order valence-corrected chi connectivity index (χ0v) is 29.0. The number of nitrogens with one attached hydrogen (secondary N) is 1. The average molecular weight is 716 g/mol. The maximum absolute atomic E-state index is 14.3. The Morgan fingerprint density at radius 2 is 1.61 bits per heavy atom. The van der Waals surface area contributed by atoms with E-state index in [9.17, 15) is 18.9 Å². The van der Waals surface area contributed by atoms with Crippen LogP contribution in [0.4, 0.5) is 0 Å². The molecule has 2 saturated heterocycles. The van der Waals surface area contributed by atoms with Crippen molar-refractivity contribution in [2.45, 2.75) is 82.6 Å². The zero-order chi connectivity index (χ0) is 35.8. The highest BCUT2D eigenvalue weighted by atomic mass is 31.2. The number of phosphoric ester groups is 1. The number of carbonyl (C=O) groups is 3. The summed E-state index contributed by atoms with van der Waals surface area (Å²) in [4.78, 5) is 61.5. The van der Waals surface area contributed by atoms with Gasteiger partial charge < -0.3 is 19.5 Å². The van der Waals surface area contributed by atoms with Gasteiger partial charge in [-0.05, 0) is 55.4 Å². The van der Waals surface area contributed by atoms with Crippen LogP contribution in [0.1, 0.15) is 56.1 Å². The molecule has 0 radical (unpaired) electrons. The fourth-order valence-corrected chi connectivity index (χ4v) is 7.34. The highest BCUT2D eigenvalue weighted by Crippen LogP contribution is 2.37. The Labute approximate surface area is 296 Å². The van der Waals surface area contributed by atoms with Gasteiger partial charge in [0.25, 0.3) is 0 Å². The quantitative estimate of drug-likeness (QED) is 0.129. The summed E-state index contributed by atoms with van der Waals surface area (Å²) >= 11 is 0. The molecule has 3 aromatic carbocycles. The second-order valence-electron chi connectivity index (χ2n) is 13.1. The van der Waals surface area contributed by atoms with Crippen molar-refractivity contribution in [2.24, 2.45) is 5.92 Å². The molecular weight excluding hydrogens is 673 g/mol. The second-order valence-corrected chi connectivity index (χ2v) is 14.3. The Morgan fingerprint density at radius 3 is 2.33 bits per heavy atom. The summed E-state index contributed by atoms with van der Waals surface area (Å²) < 4.78 is 23.2. The molecule has 0 saturated carbocycles. The molecule has 2 fully saturated rings. The number of carbonyl (C=O) groups excluding carboxylic acids is 3. The molecule has 4 atom stereocenters. The number of aromatic nitrogens is 3. The molecule has 4 aromatic rings. The van der Waals surface area contributed by atoms with E-state index >= 15 is 0 Å². The fourth-order valence-electron chi connectivity index (χ4n) is 6.95. The normalized spacial score (nSPS) is 19.8. The molecule has 3 N–H and O–H groups in total. The van der Waals surface area contributed by atoms with Crippen LogP contribution >= 0.6 is 7.82 Å². The Hall–Kier alpha value is -4.84. The van der Waals surface area contributed by atoms with Crippen LogP contribution in [0.25, 0.3) is 11.3 Å². The van der Waals surface area contributed by atoms with Crippen LogP contribution in [0.3, 0.4) is 0 Å². The maximum Gasteiger partial charge on any atom is 0.524 e. The van der Waals surface area contributed by atoms with Crippen LogP contribution in [0.15, 0.2) is 91.1 Å². The number of ether oxygens (including phenoxy) is 1. The van der Waals surface area contributed by atoms with E-state index in [-0.39, 0.29) is 43.2 Å². The highest BCUT2D eigenvalue weighted by Gasteiger charge is 2.41. The van der Waals surface area contributed by atoms with Crippen LogP contribution in [-0.2, 0) is 43.3 Å². The summed E-state index contributed by atoms with van der Waals surface area (Å²) in [7, 11) is -4.74. The minimum atomic E-state index is -4.74. The topological polar surface area (TPSA) is 173 Å². The van der Waals surface area contributed by atoms with Gasteiger partial charge >= 0.3 is 13.8 Å². The molecule has 0 spiro atoms. The van der Waals surface area contributed by atoms with Crippen molar-refractivity contribution >= 4 is 25.6 Å². The van der Waals surface area contributed by atoms with Crippen molar-refractivity contribution in [2.75, 3.05) is 0 Å². The first-order valence-electron chi connectivity index (χ1n) is 17.2. The van der Waals surface area contributed by atoms with Gasteiger partial charge in [-0.3, -0.25) is 24.2 Å². The van der Waals surface area contributed by atoms with Gasteiger partial charge in [0.05, 0.1) is 31.1 Å². The van der Waals surface area contributed by atoms with E-state index in [1.54, 1.807) is 16.8 Å². The lowest BCUT2D eigenvalue weighted by molar-refractivity contribution is -0.148. The number of nitrogens with zero attached hydrogens (tertiary/aromatic N) is 4. The molecule has 14 heteroatoms. The highest BCUT2D eigenvalue weighted by molar-refractivity contribution is 7.46. The van der Waals surface area contributed by atoms with Gasteiger partial charge in [0, 0.05) is 11.6 Å². The van der Waals surface area contributed by atoms with E-state index in [1.807, 2.05) is 71.8 Å². The predicted octanol–water partition coefficient (Wildman–Crippen LogP) is 4.83. The van der Waals surface area contributed by atoms with Crippen molar-refractivity contribution < 1.29 is 38.0 Å². The Morgan fingerprint density at radius 1 is 0.902 bits per heavy atom. The van der Waals surface area contributed by atoms with Crippen LogP contribution in [0, 0.1) is 5.92 Å². The molecule has 0 bridgehead atoms. The van der Waals surface area contributed by atoms with Crippen molar-refractivity contribution in [3.05, 3.63) is 102 Å². The number of rotatable bonds is 13. The van der Waals surface area contributed by atoms with Crippen LogP contribution in [-0.4, -0.2) is 65.6 Å². The number of benzene rings is 3. The molecule has 51 heavy (non-hydrogen) atoms. The van der Waals surface area contributed by atoms with Crippen LogP contribution < -0.4 is 9.84 Å². The maximum atomic E-state index is 14.3. The van der Waals surface area contributed by atoms with Crippen molar-refractivity contribution in [3.63, 3.8) is 0 Å². The minimum Gasteiger partial charge on any atom is -0.461 e. The fraction of sp³-hybridized carbons (Fsp3) is 0.378. The Kier molecular flexibility index (Phi) is 11.6. The van der Waals surface area contributed by atoms with E-state index in [0.29, 0.717) is 18.5 Å². The molecule has 3 heterocycles. The number of esters is 1. The molecule has 1 aromatic heterocycles. The van der Waals surface area contributed by atoms with Gasteiger partial charge in [0.1, 0.15) is 24.1 Å². The largest absolute Gasteiger partial charge is 0.524 e. The third kappa shape index (κ3) is 9.90. The molecule has 0 aliphatic carbocycles. The number of phosphoric acid groups is 1. The van der Waals surface area contributed by atoms with Crippen LogP contribution in [0.5, 0.6) is 5.75 Å². The predicted molar refractivity (Wildman–Crippen MR) is 187 cm³/mol. The average Bonchev–Trinajstić information content (AvgIpc) is 3.75. The van der Waals surface area contributed by atoms with E-state index in [2.05, 4.69) is 20.2 Å². The van der Waals surface area contributed by atoms with Gasteiger partial charge in [-0.25, -0.2) is 9.25 Å². The van der Waals surface area contributed by atoms with Crippen molar-refractivity contribution in [3.8, 4) is 17.0 Å². The third-order valence-electron chi connectivity index (χ3n) is 9.43. The van der Waals surface area contributed by atoms with Gasteiger partial charge in [0.2, 0.25) is 11.8 Å². The molecule has 6 rings (SSSR count). The van der Waals surface area contributed by atoms with Gasteiger partial charge in [0.15, 0.2) is 0 Å². The summed E-state index contributed by atoms with van der Waals surface area (Å²) in [6, 6.07) is 24.1. The summed E-state index contributed by atoms with van der Waals surface area (Å²) in [6.07, 6.45) is 6.54. The Balaban J connectivity index is 1.16. The number of amides is 2. The minimum absolute atomic E-state index is 0.0348. The number of fused-ring (bicyclic) bond motifs is 1. The van der Waals surface area contributed by atoms with Gasteiger partial charge in [-0.2, -0.15) is 0 Å². The van der Waals surface area contributed by atoms with Gasteiger partial charge in [-0.15, -0.1) is 5.10 Å². The molecule has 1 unspecified atom stereocenters. The van der Waals surface area contributed by atoms with E-state index in [0.717, 1.165) is 48.9 Å². The lowest BCUT2D eigenvalue weighted by atomic mass is 9.93. The second kappa shape index (κ2) is 16.5. The first-order valence-corrected chi connectivity index (χ1v) is 18.8. The third-order valence-corrected chi connectivity index (χ3v) is 9.88. The molecule has 2 aliphatic heterocycles. The molecule has 2 amide bonds. The lowest BCUT2D eigenvalue weighted by Crippen LogP contribution is -2.55. The summed E-state index contributed by atoms with van der Waals surface area (Å²) in [5.41, 5.74) is 3.16. The van der Waals surface area contributed by atoms with E-state index in [1.165, 1.54) is 12.1 Å². The standard InChI is InChI=1S/C37H42N5O8P/c43-35(49-25-27-9-3-1-4-10-27)22-29(21-26-15-19-32(20-16-26)50-51(46,47)48)36(44)38-33-14-8-7-13-30-17-18-31(42(30)37(33)45)23-41-24-34(39-40-41)28-11-5-2-6-12-28/h1-6,9-12,15-16,19-20,24,29-31,33H,7-8,13-14,17-18,21-23,25H2,(H,38,44)(H2,46,47,48)/t29-,30?,31+,33+/m1/s1. The monoisotopic (exact) mass is 715 g/mol. The van der Waals surface area contributed by atoms with E-state index in [4.69, 9.17) is 14.5 Å². The van der Waals surface area contributed by atoms with Crippen molar-refractivity contribution in [1.82, 2.24) is 25.2 Å². The van der Waals surface area contributed by atoms with Gasteiger partial charge in [-0.1, -0.05) is 90.9 Å². The van der Waals surface area contributed by atoms with E-state index < -0.39 is 31.7 Å². The first-order chi connectivity index (χ1) is 24.6. The number of hydrogen-bond donors (Lipinski definition) is 3. The van der Waals surface area contributed by atoms with Crippen LogP contribution in [0.2, 0.25) is 0 Å². The number of hydrogen-bond acceptors (Lipinski definition) is 8. The summed E-state index contributed by atoms with van der Waals surface area (Å²) in [6.45, 7) is 0.542. The lowest BCUT2D eigenvalue weighted by Gasteiger charge is -2.36. The smallest absolute Gasteiger partial charge is 0.461 e. The van der Waals surface area contributed by atoms with Crippen molar-refractivity contribution in [1.29, 1.82) is 0 Å². The first kappa shape index (κ1) is 36.0. The SMILES string of the molecule is O=C(C[C@@H](Cc1ccc(OP(=O)(O)O)cc1)C(=O)N[C@H]1CCCCC2CC[C@@H](Cn3cc(-c4ccccc4)nn3)N2C1=O)OCc1ccccc1. The molecule has 2 aliphatic rings. The molecular formula is C37H42N5O8P. The molecule has 268 valence electrons. The molecule has 13 nitrogen and oxygen atoms in total. The zero-order valence-electron chi connectivity index (χ0n) is 28.1. The Bertz CT molecular complexity index is 1830. The summed E-state index contributed by atoms with van der Waals surface area (Å²) in [5.74, 6) is -2.06. The summed E-state index contributed by atoms with van der Waals surface area (Å²) in [5, 5.41) is 11.7.